The van der Waals surface area contributed by atoms with Gasteiger partial charge in [-0.1, -0.05) is 48.5 Å². The highest BCUT2D eigenvalue weighted by Crippen LogP contribution is 2.44. The molecule has 0 bridgehead atoms. The lowest BCUT2D eigenvalue weighted by Crippen LogP contribution is -2.51. The molecule has 1 aliphatic heterocycles. The van der Waals surface area contributed by atoms with Crippen LogP contribution < -0.4 is 10.6 Å². The van der Waals surface area contributed by atoms with Gasteiger partial charge in [0.1, 0.15) is 0 Å². The Morgan fingerprint density at radius 3 is 2.19 bits per heavy atom. The molecular formula is C17H15N3O6S. The third-order valence-corrected chi connectivity index (χ3v) is 5.37. The number of rotatable bonds is 5. The number of sulfonamides is 1. The molecule has 0 saturated heterocycles. The van der Waals surface area contributed by atoms with Crippen molar-refractivity contribution >= 4 is 27.7 Å². The molecule has 9 nitrogen and oxygen atoms in total. The molecule has 1 heterocycles. The van der Waals surface area contributed by atoms with Crippen molar-refractivity contribution in [1.29, 1.82) is 0 Å². The van der Waals surface area contributed by atoms with Crippen molar-refractivity contribution in [3.63, 3.8) is 0 Å². The molecule has 0 amide bonds. The summed E-state index contributed by atoms with van der Waals surface area (Å²) in [5, 5.41) is 28.7. The Hall–Kier alpha value is -3.24. The van der Waals surface area contributed by atoms with Crippen LogP contribution >= 0.6 is 0 Å². The number of carboxylic acid groups (broad SMARTS) is 2. The second-order valence-electron chi connectivity index (χ2n) is 5.89. The predicted molar refractivity (Wildman–Crippen MR) is 94.5 cm³/mol. The van der Waals surface area contributed by atoms with Crippen LogP contribution in [-0.2, 0) is 25.0 Å². The summed E-state index contributed by atoms with van der Waals surface area (Å²) >= 11 is 0. The fraction of sp³-hybridized carbons (Fsp3) is 0.118. The van der Waals surface area contributed by atoms with E-state index in [1.165, 1.54) is 18.2 Å². The van der Waals surface area contributed by atoms with Crippen LogP contribution in [0.3, 0.4) is 0 Å². The zero-order valence-corrected chi connectivity index (χ0v) is 14.6. The summed E-state index contributed by atoms with van der Waals surface area (Å²) in [7, 11) is -4.34. The summed E-state index contributed by atoms with van der Waals surface area (Å²) < 4.78 is 24.1. The van der Waals surface area contributed by atoms with E-state index >= 15 is 0 Å². The minimum Gasteiger partial charge on any atom is -0.480 e. The Kier molecular flexibility index (Phi) is 4.46. The lowest BCUT2D eigenvalue weighted by atomic mass is 9.69. The SMILES string of the molecule is NS(=O)(=O)c1ccccc1C1(C(=O)O)C(C(=O)O)=NNC1c1ccccc1. The first-order valence-corrected chi connectivity index (χ1v) is 9.23. The first-order valence-electron chi connectivity index (χ1n) is 7.68. The highest BCUT2D eigenvalue weighted by atomic mass is 32.2. The van der Waals surface area contributed by atoms with Gasteiger partial charge in [-0.3, -0.25) is 4.79 Å². The molecule has 0 radical (unpaired) electrons. The molecule has 0 saturated carbocycles. The Balaban J connectivity index is 2.41. The number of hydrogen-bond donors (Lipinski definition) is 4. The van der Waals surface area contributed by atoms with E-state index in [1.807, 2.05) is 0 Å². The van der Waals surface area contributed by atoms with Crippen LogP contribution in [0.15, 0.2) is 64.6 Å². The number of hydrogen-bond acceptors (Lipinski definition) is 6. The van der Waals surface area contributed by atoms with Crippen LogP contribution in [0.5, 0.6) is 0 Å². The molecule has 2 unspecified atom stereocenters. The molecule has 1 aliphatic rings. The van der Waals surface area contributed by atoms with E-state index in [9.17, 15) is 28.2 Å². The molecule has 2 aromatic carbocycles. The average Bonchev–Trinajstić information content (AvgIpc) is 3.03. The van der Waals surface area contributed by atoms with Gasteiger partial charge in [0.25, 0.3) is 0 Å². The second kappa shape index (κ2) is 6.49. The quantitative estimate of drug-likeness (QED) is 0.577. The molecule has 27 heavy (non-hydrogen) atoms. The maximum Gasteiger partial charge on any atom is 0.353 e. The van der Waals surface area contributed by atoms with E-state index in [0.29, 0.717) is 5.56 Å². The Morgan fingerprint density at radius 1 is 1.04 bits per heavy atom. The van der Waals surface area contributed by atoms with Crippen LogP contribution in [0.4, 0.5) is 0 Å². The van der Waals surface area contributed by atoms with Crippen LogP contribution in [0.25, 0.3) is 0 Å². The van der Waals surface area contributed by atoms with Gasteiger partial charge in [-0.05, 0) is 17.2 Å². The molecule has 2 aromatic rings. The van der Waals surface area contributed by atoms with Gasteiger partial charge in [0.05, 0.1) is 10.9 Å². The molecule has 0 aromatic heterocycles. The molecule has 10 heteroatoms. The second-order valence-corrected chi connectivity index (χ2v) is 7.42. The van der Waals surface area contributed by atoms with Crippen LogP contribution in [-0.4, -0.2) is 36.3 Å². The van der Waals surface area contributed by atoms with Gasteiger partial charge in [-0.15, -0.1) is 0 Å². The van der Waals surface area contributed by atoms with Crippen molar-refractivity contribution < 1.29 is 28.2 Å². The smallest absolute Gasteiger partial charge is 0.353 e. The summed E-state index contributed by atoms with van der Waals surface area (Å²) in [6.07, 6.45) is 0. The predicted octanol–water partition coefficient (Wildman–Crippen LogP) is 0.442. The van der Waals surface area contributed by atoms with Crippen molar-refractivity contribution in [3.05, 3.63) is 65.7 Å². The van der Waals surface area contributed by atoms with Crippen LogP contribution in [0, 0.1) is 0 Å². The molecule has 2 atom stereocenters. The topological polar surface area (TPSA) is 159 Å². The number of hydrazone groups is 1. The third-order valence-electron chi connectivity index (χ3n) is 4.40. The van der Waals surface area contributed by atoms with Crippen molar-refractivity contribution in [2.24, 2.45) is 10.2 Å². The van der Waals surface area contributed by atoms with Crippen molar-refractivity contribution in [1.82, 2.24) is 5.43 Å². The van der Waals surface area contributed by atoms with E-state index in [0.717, 1.165) is 6.07 Å². The number of carboxylic acids is 2. The maximum atomic E-state index is 12.5. The number of aliphatic carboxylic acids is 2. The summed E-state index contributed by atoms with van der Waals surface area (Å²) in [6, 6.07) is 12.2. The monoisotopic (exact) mass is 389 g/mol. The van der Waals surface area contributed by atoms with Gasteiger partial charge in [0.15, 0.2) is 11.1 Å². The zero-order valence-electron chi connectivity index (χ0n) is 13.7. The van der Waals surface area contributed by atoms with Crippen molar-refractivity contribution in [2.75, 3.05) is 0 Å². The molecule has 3 rings (SSSR count). The number of carbonyl (C=O) groups is 2. The van der Waals surface area contributed by atoms with Gasteiger partial charge in [0, 0.05) is 0 Å². The molecule has 0 spiro atoms. The Bertz CT molecular complexity index is 1050. The van der Waals surface area contributed by atoms with Crippen molar-refractivity contribution in [2.45, 2.75) is 16.4 Å². The number of nitrogens with one attached hydrogen (secondary N) is 1. The lowest BCUT2D eigenvalue weighted by molar-refractivity contribution is -0.143. The normalized spacial score (nSPS) is 22.0. The fourth-order valence-corrected chi connectivity index (χ4v) is 4.10. The van der Waals surface area contributed by atoms with Gasteiger partial charge < -0.3 is 15.6 Å². The number of benzene rings is 2. The summed E-state index contributed by atoms with van der Waals surface area (Å²) in [6.45, 7) is 0. The molecular weight excluding hydrogens is 374 g/mol. The third kappa shape index (κ3) is 2.84. The first-order chi connectivity index (χ1) is 12.7. The number of primary sulfonamides is 1. The Labute approximate surface area is 154 Å². The number of nitrogens with zero attached hydrogens (tertiary/aromatic N) is 1. The first kappa shape index (κ1) is 18.5. The average molecular weight is 389 g/mol. The summed E-state index contributed by atoms with van der Waals surface area (Å²) in [5.41, 5.74) is -0.358. The summed E-state index contributed by atoms with van der Waals surface area (Å²) in [5.74, 6) is -3.16. The molecule has 140 valence electrons. The minimum atomic E-state index is -4.34. The lowest BCUT2D eigenvalue weighted by Gasteiger charge is -2.32. The van der Waals surface area contributed by atoms with E-state index in [-0.39, 0.29) is 5.56 Å². The van der Waals surface area contributed by atoms with Gasteiger partial charge >= 0.3 is 11.9 Å². The van der Waals surface area contributed by atoms with Crippen LogP contribution in [0.2, 0.25) is 0 Å². The van der Waals surface area contributed by atoms with Crippen LogP contribution in [0.1, 0.15) is 17.2 Å². The van der Waals surface area contributed by atoms with E-state index in [1.54, 1.807) is 30.3 Å². The molecule has 0 fully saturated rings. The Morgan fingerprint density at radius 2 is 1.63 bits per heavy atom. The maximum absolute atomic E-state index is 12.5. The fourth-order valence-electron chi connectivity index (χ4n) is 3.30. The molecule has 0 aliphatic carbocycles. The van der Waals surface area contributed by atoms with E-state index in [4.69, 9.17) is 5.14 Å². The highest BCUT2D eigenvalue weighted by molar-refractivity contribution is 7.89. The molecule has 5 N–H and O–H groups in total. The van der Waals surface area contributed by atoms with E-state index in [2.05, 4.69) is 10.5 Å². The zero-order chi connectivity index (χ0) is 19.8. The van der Waals surface area contributed by atoms with E-state index < -0.39 is 44.0 Å². The van der Waals surface area contributed by atoms with Gasteiger partial charge in [0.2, 0.25) is 10.0 Å². The van der Waals surface area contributed by atoms with Gasteiger partial charge in [-0.2, -0.15) is 5.10 Å². The largest absolute Gasteiger partial charge is 0.480 e. The minimum absolute atomic E-state index is 0.278. The number of nitrogens with two attached hydrogens (primary N) is 1. The van der Waals surface area contributed by atoms with Crippen molar-refractivity contribution in [3.8, 4) is 0 Å². The highest BCUT2D eigenvalue weighted by Gasteiger charge is 2.60. The summed E-state index contributed by atoms with van der Waals surface area (Å²) in [4.78, 5) is 23.8. The van der Waals surface area contributed by atoms with Gasteiger partial charge in [-0.25, -0.2) is 18.4 Å². The standard InChI is InChI=1S/C17H15N3O6S/c18-27(25,26)12-9-5-4-8-11(12)17(16(23)24)13(10-6-2-1-3-7-10)19-20-14(17)15(21)22/h1-9,13,19H,(H,21,22)(H,23,24)(H2,18,25,26).